The van der Waals surface area contributed by atoms with E-state index in [2.05, 4.69) is 10.6 Å². The first-order valence-electron chi connectivity index (χ1n) is 9.62. The molecule has 1 aromatic heterocycles. The number of rotatable bonds is 12. The van der Waals surface area contributed by atoms with Crippen LogP contribution < -0.4 is 16.4 Å². The maximum Gasteiger partial charge on any atom is 0.148 e. The lowest BCUT2D eigenvalue weighted by molar-refractivity contribution is 0.126. The minimum atomic E-state index is -0.676. The third-order valence-electron chi connectivity index (χ3n) is 4.81. The van der Waals surface area contributed by atoms with Crippen molar-refractivity contribution < 1.29 is 19.3 Å². The van der Waals surface area contributed by atoms with Crippen molar-refractivity contribution in [3.8, 4) is 0 Å². The Morgan fingerprint density at radius 2 is 2.04 bits per heavy atom. The van der Waals surface area contributed by atoms with Gasteiger partial charge >= 0.3 is 0 Å². The molecule has 0 bridgehead atoms. The highest BCUT2D eigenvalue weighted by molar-refractivity contribution is 5.85. The Morgan fingerprint density at radius 3 is 2.68 bits per heavy atom. The third-order valence-corrected chi connectivity index (χ3v) is 4.81. The van der Waals surface area contributed by atoms with Crippen molar-refractivity contribution in [3.63, 3.8) is 0 Å². The van der Waals surface area contributed by atoms with Crippen molar-refractivity contribution in [1.82, 2.24) is 9.88 Å². The van der Waals surface area contributed by atoms with Crippen LogP contribution in [0.1, 0.15) is 19.5 Å². The van der Waals surface area contributed by atoms with Gasteiger partial charge in [-0.2, -0.15) is 0 Å². The molecule has 1 aromatic carbocycles. The van der Waals surface area contributed by atoms with Gasteiger partial charge in [0, 0.05) is 49.2 Å². The zero-order chi connectivity index (χ0) is 20.7. The van der Waals surface area contributed by atoms with Gasteiger partial charge in [0.05, 0.1) is 43.7 Å². The standard InChI is InChI=1S/C20H33FN4O3/c1-20(2,13-26)19-9-14-8-17(23-3)16(21)10-18(14)25(19)12-15(27)11-24-5-7-28-6-4-22/h8-10,15,23-24,26-27H,4-7,11-13,22H2,1-3H3. The van der Waals surface area contributed by atoms with E-state index in [9.17, 15) is 14.6 Å². The van der Waals surface area contributed by atoms with E-state index < -0.39 is 11.5 Å². The lowest BCUT2D eigenvalue weighted by Crippen LogP contribution is -2.34. The number of fused-ring (bicyclic) bond motifs is 1. The first-order chi connectivity index (χ1) is 13.3. The van der Waals surface area contributed by atoms with Gasteiger partial charge in [-0.15, -0.1) is 0 Å². The van der Waals surface area contributed by atoms with Crippen molar-refractivity contribution in [2.75, 3.05) is 51.8 Å². The van der Waals surface area contributed by atoms with E-state index in [1.807, 2.05) is 24.5 Å². The summed E-state index contributed by atoms with van der Waals surface area (Å²) in [6, 6.07) is 5.17. The Hall–Kier alpha value is -1.71. The van der Waals surface area contributed by atoms with Crippen LogP contribution in [0.4, 0.5) is 10.1 Å². The fourth-order valence-electron chi connectivity index (χ4n) is 3.19. The smallest absolute Gasteiger partial charge is 0.148 e. The highest BCUT2D eigenvalue weighted by atomic mass is 19.1. The molecule has 0 fully saturated rings. The summed E-state index contributed by atoms with van der Waals surface area (Å²) in [5.41, 5.74) is 6.79. The van der Waals surface area contributed by atoms with Crippen LogP contribution >= 0.6 is 0 Å². The molecule has 0 saturated heterocycles. The molecule has 6 N–H and O–H groups in total. The number of hydrogen-bond donors (Lipinski definition) is 5. The number of ether oxygens (including phenoxy) is 1. The largest absolute Gasteiger partial charge is 0.395 e. The van der Waals surface area contributed by atoms with E-state index in [1.165, 1.54) is 6.07 Å². The average molecular weight is 397 g/mol. The van der Waals surface area contributed by atoms with E-state index in [0.717, 1.165) is 11.1 Å². The maximum absolute atomic E-state index is 14.4. The first kappa shape index (κ1) is 22.6. The fraction of sp³-hybridized carbons (Fsp3) is 0.600. The van der Waals surface area contributed by atoms with Crippen molar-refractivity contribution in [1.29, 1.82) is 0 Å². The Morgan fingerprint density at radius 1 is 1.29 bits per heavy atom. The normalized spacial score (nSPS) is 13.2. The molecule has 8 heteroatoms. The van der Waals surface area contributed by atoms with Crippen LogP contribution in [-0.2, 0) is 16.7 Å². The Balaban J connectivity index is 2.21. The second kappa shape index (κ2) is 10.2. The number of hydrogen-bond acceptors (Lipinski definition) is 6. The van der Waals surface area contributed by atoms with Crippen LogP contribution in [0.3, 0.4) is 0 Å². The van der Waals surface area contributed by atoms with E-state index >= 15 is 0 Å². The number of nitrogens with one attached hydrogen (secondary N) is 2. The molecule has 1 unspecified atom stereocenters. The van der Waals surface area contributed by atoms with E-state index in [4.69, 9.17) is 10.5 Å². The van der Waals surface area contributed by atoms with Gasteiger partial charge in [0.1, 0.15) is 5.82 Å². The highest BCUT2D eigenvalue weighted by Crippen LogP contribution is 2.32. The molecule has 7 nitrogen and oxygen atoms in total. The molecule has 28 heavy (non-hydrogen) atoms. The number of aliphatic hydroxyl groups is 2. The predicted octanol–water partition coefficient (Wildman–Crippen LogP) is 1.02. The number of anilines is 1. The molecule has 1 atom stereocenters. The first-order valence-corrected chi connectivity index (χ1v) is 9.62. The highest BCUT2D eigenvalue weighted by Gasteiger charge is 2.26. The minimum absolute atomic E-state index is 0.0580. The van der Waals surface area contributed by atoms with Gasteiger partial charge in [0.15, 0.2) is 0 Å². The molecule has 0 spiro atoms. The van der Waals surface area contributed by atoms with Gasteiger partial charge in [-0.05, 0) is 12.1 Å². The van der Waals surface area contributed by atoms with Crippen LogP contribution in [0.2, 0.25) is 0 Å². The van der Waals surface area contributed by atoms with Gasteiger partial charge < -0.3 is 35.9 Å². The second-order valence-corrected chi connectivity index (χ2v) is 7.58. The van der Waals surface area contributed by atoms with E-state index in [-0.39, 0.29) is 19.0 Å². The van der Waals surface area contributed by atoms with Crippen LogP contribution in [0.5, 0.6) is 0 Å². The summed E-state index contributed by atoms with van der Waals surface area (Å²) in [4.78, 5) is 0. The molecular weight excluding hydrogens is 363 g/mol. The predicted molar refractivity (Wildman–Crippen MR) is 110 cm³/mol. The minimum Gasteiger partial charge on any atom is -0.395 e. The van der Waals surface area contributed by atoms with Crippen molar-refractivity contribution in [3.05, 3.63) is 29.7 Å². The fourth-order valence-corrected chi connectivity index (χ4v) is 3.19. The number of aromatic nitrogens is 1. The molecule has 158 valence electrons. The summed E-state index contributed by atoms with van der Waals surface area (Å²) in [5.74, 6) is -0.354. The Labute approximate surface area is 165 Å². The summed E-state index contributed by atoms with van der Waals surface area (Å²) < 4.78 is 21.5. The summed E-state index contributed by atoms with van der Waals surface area (Å²) >= 11 is 0. The number of nitrogens with two attached hydrogens (primary N) is 1. The van der Waals surface area contributed by atoms with Gasteiger partial charge in [0.2, 0.25) is 0 Å². The average Bonchev–Trinajstić information content (AvgIpc) is 3.02. The van der Waals surface area contributed by atoms with Crippen LogP contribution in [0, 0.1) is 5.82 Å². The van der Waals surface area contributed by atoms with Crippen LogP contribution in [-0.4, -0.2) is 67.4 Å². The van der Waals surface area contributed by atoms with Crippen molar-refractivity contribution in [2.45, 2.75) is 31.9 Å². The second-order valence-electron chi connectivity index (χ2n) is 7.58. The quantitative estimate of drug-likeness (QED) is 0.343. The third kappa shape index (κ3) is 5.42. The summed E-state index contributed by atoms with van der Waals surface area (Å²) in [6.45, 7) is 6.59. The lowest BCUT2D eigenvalue weighted by atomic mass is 9.90. The molecule has 0 amide bonds. The number of aliphatic hydroxyl groups excluding tert-OH is 2. The Bertz CT molecular complexity index is 763. The summed E-state index contributed by atoms with van der Waals surface area (Å²) in [6.07, 6.45) is -0.676. The van der Waals surface area contributed by atoms with E-state index in [0.29, 0.717) is 44.1 Å². The summed E-state index contributed by atoms with van der Waals surface area (Å²) in [5, 5.41) is 27.2. The monoisotopic (exact) mass is 396 g/mol. The molecular formula is C20H33FN4O3. The number of nitrogens with zero attached hydrogens (tertiary/aromatic N) is 1. The molecule has 0 radical (unpaired) electrons. The molecule has 0 aliphatic rings. The molecule has 2 rings (SSSR count). The van der Waals surface area contributed by atoms with Gasteiger partial charge in [-0.3, -0.25) is 0 Å². The maximum atomic E-state index is 14.4. The van der Waals surface area contributed by atoms with Crippen molar-refractivity contribution >= 4 is 16.6 Å². The molecule has 0 saturated carbocycles. The lowest BCUT2D eigenvalue weighted by Gasteiger charge is -2.26. The van der Waals surface area contributed by atoms with Gasteiger partial charge in [0.25, 0.3) is 0 Å². The van der Waals surface area contributed by atoms with Gasteiger partial charge in [-0.25, -0.2) is 4.39 Å². The Kier molecular flexibility index (Phi) is 8.21. The molecule has 0 aliphatic carbocycles. The zero-order valence-corrected chi connectivity index (χ0v) is 17.0. The molecule has 2 aromatic rings. The van der Waals surface area contributed by atoms with Gasteiger partial charge in [-0.1, -0.05) is 13.8 Å². The van der Waals surface area contributed by atoms with Crippen molar-refractivity contribution in [2.24, 2.45) is 5.73 Å². The van der Waals surface area contributed by atoms with Crippen LogP contribution in [0.25, 0.3) is 10.9 Å². The van der Waals surface area contributed by atoms with E-state index in [1.54, 1.807) is 13.1 Å². The SMILES string of the molecule is CNc1cc2cc(C(C)(C)CO)n(CC(O)CNCCOCCN)c2cc1F. The summed E-state index contributed by atoms with van der Waals surface area (Å²) in [7, 11) is 1.67. The molecule has 0 aliphatic heterocycles. The zero-order valence-electron chi connectivity index (χ0n) is 17.0. The topological polar surface area (TPSA) is 105 Å². The molecule has 1 heterocycles. The number of benzene rings is 1. The van der Waals surface area contributed by atoms with Crippen LogP contribution in [0.15, 0.2) is 18.2 Å². The number of halogens is 1.